The van der Waals surface area contributed by atoms with Crippen LogP contribution in [0.25, 0.3) is 10.8 Å². The molecule has 6 N–H and O–H groups in total. The van der Waals surface area contributed by atoms with Crippen LogP contribution in [0.4, 0.5) is 22.7 Å². The zero-order valence-electron chi connectivity index (χ0n) is 20.1. The zero-order chi connectivity index (χ0) is 30.3. The number of hydrogen-bond acceptors (Lipinski definition) is 10. The molecule has 0 aliphatic carbocycles. The van der Waals surface area contributed by atoms with Crippen LogP contribution in [0, 0.1) is 0 Å². The summed E-state index contributed by atoms with van der Waals surface area (Å²) >= 11 is 0. The predicted octanol–water partition coefficient (Wildman–Crippen LogP) is 3.87. The number of phenols is 1. The molecule has 41 heavy (non-hydrogen) atoms. The Morgan fingerprint density at radius 1 is 0.732 bits per heavy atom. The maximum Gasteiger partial charge on any atom is 0.296 e. The van der Waals surface area contributed by atoms with Gasteiger partial charge in [-0.3, -0.25) is 18.5 Å². The average molecular weight is 622 g/mol. The number of hydrogen-bond donors (Lipinski definition) is 5. The number of phenolic OH excluding ortho intramolecular Hbond substituents is 1. The van der Waals surface area contributed by atoms with Crippen molar-refractivity contribution in [2.24, 2.45) is 10.2 Å². The number of carbonyl (C=O) groups is 1. The molecule has 0 saturated carbocycles. The fraction of sp³-hybridized carbons (Fsp3) is 0. The summed E-state index contributed by atoms with van der Waals surface area (Å²) in [6.45, 7) is 0. The molecule has 1 radical (unpaired) electrons. The molecule has 0 aliphatic rings. The van der Waals surface area contributed by atoms with E-state index in [1.807, 2.05) is 0 Å². The van der Waals surface area contributed by atoms with Crippen LogP contribution in [0.2, 0.25) is 0 Å². The van der Waals surface area contributed by atoms with Gasteiger partial charge in [-0.2, -0.15) is 25.3 Å². The van der Waals surface area contributed by atoms with Gasteiger partial charge in [0.15, 0.2) is 5.75 Å². The van der Waals surface area contributed by atoms with Crippen molar-refractivity contribution in [1.82, 2.24) is 5.73 Å². The minimum absolute atomic E-state index is 0.0978. The predicted molar refractivity (Wildman–Crippen MR) is 143 cm³/mol. The lowest BCUT2D eigenvalue weighted by Gasteiger charge is -2.14. The zero-order valence-corrected chi connectivity index (χ0v) is 22.6. The van der Waals surface area contributed by atoms with E-state index >= 15 is 0 Å². The van der Waals surface area contributed by atoms with Crippen LogP contribution in [0.15, 0.2) is 91.6 Å². The normalized spacial score (nSPS) is 12.6. The Bertz CT molecular complexity index is 2080. The topological polar surface area (TPSA) is 261 Å². The van der Waals surface area contributed by atoms with Gasteiger partial charge < -0.3 is 16.2 Å². The fourth-order valence-electron chi connectivity index (χ4n) is 3.68. The lowest BCUT2D eigenvalue weighted by molar-refractivity contribution is 0.102. The minimum Gasteiger partial charge on any atom is -0.505 e. The Kier molecular flexibility index (Phi) is 7.56. The van der Waals surface area contributed by atoms with Crippen LogP contribution < -0.4 is 11.1 Å². The highest BCUT2D eigenvalue weighted by Gasteiger charge is 2.26. The van der Waals surface area contributed by atoms with E-state index in [0.29, 0.717) is 6.07 Å². The monoisotopic (exact) mass is 621 g/mol. The quantitative estimate of drug-likeness (QED) is 0.146. The molecule has 4 aromatic rings. The number of rotatable bonds is 7. The molecule has 18 heteroatoms. The highest BCUT2D eigenvalue weighted by molar-refractivity contribution is 7.86. The van der Waals surface area contributed by atoms with Gasteiger partial charge in [0.1, 0.15) is 26.1 Å². The fourth-order valence-corrected chi connectivity index (χ4v) is 5.61. The summed E-state index contributed by atoms with van der Waals surface area (Å²) in [7, 11) is -15.1. The highest BCUT2D eigenvalue weighted by Crippen LogP contribution is 2.44. The molecular weight excluding hydrogens is 604 g/mol. The smallest absolute Gasteiger partial charge is 0.296 e. The summed E-state index contributed by atoms with van der Waals surface area (Å²) in [5.74, 6) is -1.83. The number of nitrogens with one attached hydrogen (secondary N) is 2. The molecule has 1 amide bonds. The first kappa shape index (κ1) is 29.5. The Hall–Kier alpha value is -4.46. The van der Waals surface area contributed by atoms with E-state index in [4.69, 9.17) is 5.73 Å². The van der Waals surface area contributed by atoms with Crippen LogP contribution in [0.3, 0.4) is 0 Å². The number of amides is 1. The molecule has 0 atom stereocenters. The maximum atomic E-state index is 12.7. The van der Waals surface area contributed by atoms with E-state index in [-0.39, 0.29) is 22.0 Å². The molecule has 0 aliphatic heterocycles. The minimum atomic E-state index is -5.21. The van der Waals surface area contributed by atoms with Gasteiger partial charge in [-0.1, -0.05) is 18.2 Å². The van der Waals surface area contributed by atoms with Crippen molar-refractivity contribution in [2.45, 2.75) is 14.7 Å². The Morgan fingerprint density at radius 3 is 1.90 bits per heavy atom. The number of fused-ring (bicyclic) bond motifs is 1. The van der Waals surface area contributed by atoms with Gasteiger partial charge in [0, 0.05) is 10.9 Å². The SMILES string of the molecule is [NH]c1ccc(S(=O)(=O)O)c(N=Nc2c(S(=O)(=O)O)cc3cc(S(=O)(=O)O)c(NC(=O)c4ccccc4)cc3c2O)c1. The van der Waals surface area contributed by atoms with Crippen molar-refractivity contribution in [3.63, 3.8) is 0 Å². The van der Waals surface area contributed by atoms with E-state index in [2.05, 4.69) is 15.5 Å². The van der Waals surface area contributed by atoms with Crippen molar-refractivity contribution in [1.29, 1.82) is 0 Å². The molecule has 15 nitrogen and oxygen atoms in total. The second kappa shape index (κ2) is 10.5. The summed E-state index contributed by atoms with van der Waals surface area (Å²) < 4.78 is 101. The molecule has 0 unspecified atom stereocenters. The molecule has 0 heterocycles. The van der Waals surface area contributed by atoms with Crippen molar-refractivity contribution in [2.75, 3.05) is 5.32 Å². The number of nitrogens with zero attached hydrogens (tertiary/aromatic N) is 2. The molecule has 0 spiro atoms. The number of carbonyl (C=O) groups excluding carboxylic acids is 1. The second-order valence-electron chi connectivity index (χ2n) is 8.27. The molecule has 4 aromatic carbocycles. The van der Waals surface area contributed by atoms with E-state index in [1.54, 1.807) is 6.07 Å². The Balaban J connectivity index is 1.98. The van der Waals surface area contributed by atoms with Gasteiger partial charge in [0.25, 0.3) is 36.3 Å². The number of aromatic hydroxyl groups is 1. The highest BCUT2D eigenvalue weighted by atomic mass is 32.2. The molecular formula is C23H17N4O11S3. The van der Waals surface area contributed by atoms with Gasteiger partial charge in [0.05, 0.1) is 11.4 Å². The van der Waals surface area contributed by atoms with Crippen LogP contribution in [0.5, 0.6) is 5.75 Å². The molecule has 0 fully saturated rings. The van der Waals surface area contributed by atoms with E-state index in [0.717, 1.165) is 30.3 Å². The van der Waals surface area contributed by atoms with E-state index in [9.17, 15) is 48.8 Å². The average Bonchev–Trinajstić information content (AvgIpc) is 2.86. The third-order valence-corrected chi connectivity index (χ3v) is 8.15. The molecule has 4 rings (SSSR count). The van der Waals surface area contributed by atoms with Gasteiger partial charge in [-0.25, -0.2) is 0 Å². The summed E-state index contributed by atoms with van der Waals surface area (Å²) in [6.07, 6.45) is 0. The van der Waals surface area contributed by atoms with Gasteiger partial charge in [0.2, 0.25) is 0 Å². The first-order valence-corrected chi connectivity index (χ1v) is 15.2. The third kappa shape index (κ3) is 6.32. The number of anilines is 1. The Labute approximate surface area is 232 Å². The van der Waals surface area contributed by atoms with Crippen molar-refractivity contribution in [3.05, 3.63) is 72.3 Å². The van der Waals surface area contributed by atoms with Crippen molar-refractivity contribution >= 4 is 69.8 Å². The number of benzene rings is 4. The lowest BCUT2D eigenvalue weighted by atomic mass is 10.1. The summed E-state index contributed by atoms with van der Waals surface area (Å²) in [5.41, 5.74) is 5.38. The lowest BCUT2D eigenvalue weighted by Crippen LogP contribution is -2.14. The summed E-state index contributed by atoms with van der Waals surface area (Å²) in [6, 6.07) is 12.5. The third-order valence-electron chi connectivity index (χ3n) is 5.49. The van der Waals surface area contributed by atoms with Crippen molar-refractivity contribution in [3.8, 4) is 5.75 Å². The summed E-state index contributed by atoms with van der Waals surface area (Å²) in [5, 5.41) is 19.6. The van der Waals surface area contributed by atoms with Crippen LogP contribution in [-0.2, 0) is 30.4 Å². The Morgan fingerprint density at radius 2 is 1.32 bits per heavy atom. The van der Waals surface area contributed by atoms with Gasteiger partial charge >= 0.3 is 0 Å². The molecule has 0 aromatic heterocycles. The van der Waals surface area contributed by atoms with Crippen LogP contribution in [-0.4, -0.2) is 49.9 Å². The van der Waals surface area contributed by atoms with Crippen molar-refractivity contribution < 1.29 is 48.8 Å². The largest absolute Gasteiger partial charge is 0.505 e. The second-order valence-corrected chi connectivity index (χ2v) is 12.4. The van der Waals surface area contributed by atoms with Crippen LogP contribution in [0.1, 0.15) is 10.4 Å². The number of azo groups is 1. The molecule has 213 valence electrons. The first-order valence-electron chi connectivity index (χ1n) is 10.9. The molecule has 0 bridgehead atoms. The maximum absolute atomic E-state index is 12.7. The van der Waals surface area contributed by atoms with Crippen LogP contribution >= 0.6 is 0 Å². The first-order chi connectivity index (χ1) is 19.0. The summed E-state index contributed by atoms with van der Waals surface area (Å²) in [4.78, 5) is 9.89. The standard InChI is InChI=1S/C23H17N4O11S3/c24-14-6-7-18(39(30,31)32)17(10-14)26-27-21-20(41(36,37)38)9-13-8-19(40(33,34)35)16(11-15(13)22(21)28)25-23(29)12-4-2-1-3-5-12/h1-11,24,28H,(H,25,29)(H,30,31,32)(H,33,34,35)(H,36,37,38). The molecule has 0 saturated heterocycles. The van der Waals surface area contributed by atoms with Gasteiger partial charge in [-0.05, 0) is 53.9 Å². The van der Waals surface area contributed by atoms with E-state index < -0.39 is 73.8 Å². The van der Waals surface area contributed by atoms with E-state index in [1.165, 1.54) is 24.3 Å². The van der Waals surface area contributed by atoms with Gasteiger partial charge in [-0.15, -0.1) is 10.2 Å².